The number of fused-ring (bicyclic) bond motifs is 1. The molecule has 2 atom stereocenters. The van der Waals surface area contributed by atoms with E-state index in [9.17, 15) is 5.11 Å². The Kier molecular flexibility index (Phi) is 2.78. The summed E-state index contributed by atoms with van der Waals surface area (Å²) in [7, 11) is 0. The van der Waals surface area contributed by atoms with Crippen molar-refractivity contribution >= 4 is 5.69 Å². The maximum atomic E-state index is 9.65. The number of aliphatic hydroxyl groups excluding tert-OH is 1. The quantitative estimate of drug-likeness (QED) is 0.790. The van der Waals surface area contributed by atoms with E-state index < -0.39 is 6.10 Å². The second kappa shape index (κ2) is 4.43. The minimum atomic E-state index is -0.455. The first-order chi connectivity index (χ1) is 8.33. The van der Waals surface area contributed by atoms with Crippen molar-refractivity contribution in [1.29, 1.82) is 0 Å². The van der Waals surface area contributed by atoms with Crippen LogP contribution in [0.2, 0.25) is 0 Å². The van der Waals surface area contributed by atoms with Crippen LogP contribution in [0.15, 0.2) is 18.2 Å². The van der Waals surface area contributed by atoms with Gasteiger partial charge in [-0.3, -0.25) is 0 Å². The predicted octanol–water partition coefficient (Wildman–Crippen LogP) is 0.629. The summed E-state index contributed by atoms with van der Waals surface area (Å²) in [4.78, 5) is 0. The van der Waals surface area contributed by atoms with Crippen molar-refractivity contribution in [3.8, 4) is 11.5 Å². The average molecular weight is 237 g/mol. The molecule has 17 heavy (non-hydrogen) atoms. The summed E-state index contributed by atoms with van der Waals surface area (Å²) >= 11 is 0. The van der Waals surface area contributed by atoms with E-state index in [1.807, 2.05) is 18.2 Å². The molecule has 2 aliphatic heterocycles. The molecule has 1 aromatic rings. The number of hydrogen-bond acceptors (Lipinski definition) is 5. The molecule has 0 spiro atoms. The van der Waals surface area contributed by atoms with Crippen LogP contribution in [-0.4, -0.2) is 43.7 Å². The summed E-state index contributed by atoms with van der Waals surface area (Å²) in [5, 5.41) is 12.9. The predicted molar refractivity (Wildman–Crippen MR) is 61.7 cm³/mol. The summed E-state index contributed by atoms with van der Waals surface area (Å²) in [6.07, 6.45) is -0.455. The molecular weight excluding hydrogens is 222 g/mol. The third-order valence-corrected chi connectivity index (χ3v) is 2.94. The average Bonchev–Trinajstić information content (AvgIpc) is 2.75. The summed E-state index contributed by atoms with van der Waals surface area (Å²) in [6, 6.07) is 5.62. The SMILES string of the molecule is O[C@H]1COC[C@@H]1Nc1ccc2c(c1)OCCO2. The number of aliphatic hydroxyl groups is 1. The van der Waals surface area contributed by atoms with E-state index in [2.05, 4.69) is 5.32 Å². The lowest BCUT2D eigenvalue weighted by Crippen LogP contribution is -2.31. The molecule has 0 aromatic heterocycles. The van der Waals surface area contributed by atoms with Gasteiger partial charge in [0, 0.05) is 11.8 Å². The number of nitrogens with one attached hydrogen (secondary N) is 1. The van der Waals surface area contributed by atoms with Crippen LogP contribution in [0.25, 0.3) is 0 Å². The van der Waals surface area contributed by atoms with Crippen molar-refractivity contribution in [2.45, 2.75) is 12.1 Å². The highest BCUT2D eigenvalue weighted by molar-refractivity contribution is 5.55. The molecule has 1 aromatic carbocycles. The molecule has 5 heteroatoms. The van der Waals surface area contributed by atoms with Gasteiger partial charge in [-0.15, -0.1) is 0 Å². The molecule has 1 saturated heterocycles. The van der Waals surface area contributed by atoms with Gasteiger partial charge in [-0.05, 0) is 12.1 Å². The van der Waals surface area contributed by atoms with Crippen LogP contribution in [-0.2, 0) is 4.74 Å². The Hall–Kier alpha value is -1.46. The normalized spacial score (nSPS) is 26.9. The lowest BCUT2D eigenvalue weighted by molar-refractivity contribution is 0.125. The van der Waals surface area contributed by atoms with E-state index in [4.69, 9.17) is 14.2 Å². The largest absolute Gasteiger partial charge is 0.486 e. The van der Waals surface area contributed by atoms with Crippen LogP contribution < -0.4 is 14.8 Å². The van der Waals surface area contributed by atoms with Crippen LogP contribution in [0.3, 0.4) is 0 Å². The van der Waals surface area contributed by atoms with Crippen LogP contribution >= 0.6 is 0 Å². The fourth-order valence-electron chi connectivity index (χ4n) is 2.03. The van der Waals surface area contributed by atoms with Gasteiger partial charge >= 0.3 is 0 Å². The van der Waals surface area contributed by atoms with Crippen molar-refractivity contribution in [2.75, 3.05) is 31.7 Å². The molecule has 0 unspecified atom stereocenters. The molecule has 2 N–H and O–H groups in total. The highest BCUT2D eigenvalue weighted by Crippen LogP contribution is 2.33. The number of ether oxygens (including phenoxy) is 3. The van der Waals surface area contributed by atoms with Gasteiger partial charge in [0.25, 0.3) is 0 Å². The molecule has 92 valence electrons. The van der Waals surface area contributed by atoms with Crippen LogP contribution in [0.1, 0.15) is 0 Å². The highest BCUT2D eigenvalue weighted by Gasteiger charge is 2.26. The van der Waals surface area contributed by atoms with Gasteiger partial charge in [0.2, 0.25) is 0 Å². The van der Waals surface area contributed by atoms with Gasteiger partial charge in [0.15, 0.2) is 11.5 Å². The van der Waals surface area contributed by atoms with E-state index in [0.717, 1.165) is 17.2 Å². The maximum absolute atomic E-state index is 9.65. The van der Waals surface area contributed by atoms with E-state index in [0.29, 0.717) is 26.4 Å². The van der Waals surface area contributed by atoms with Crippen molar-refractivity contribution in [2.24, 2.45) is 0 Å². The first-order valence-electron chi connectivity index (χ1n) is 5.75. The summed E-state index contributed by atoms with van der Waals surface area (Å²) in [6.45, 7) is 2.08. The molecule has 0 aliphatic carbocycles. The molecule has 0 saturated carbocycles. The number of hydrogen-bond donors (Lipinski definition) is 2. The monoisotopic (exact) mass is 237 g/mol. The number of benzene rings is 1. The van der Waals surface area contributed by atoms with E-state index in [1.54, 1.807) is 0 Å². The van der Waals surface area contributed by atoms with Crippen molar-refractivity contribution in [3.63, 3.8) is 0 Å². The zero-order valence-electron chi connectivity index (χ0n) is 9.39. The standard InChI is InChI=1S/C12H15NO4/c14-10-7-15-6-9(10)13-8-1-2-11-12(5-8)17-4-3-16-11/h1-2,5,9-10,13-14H,3-4,6-7H2/t9-,10-/m0/s1. The minimum Gasteiger partial charge on any atom is -0.486 e. The second-order valence-corrected chi connectivity index (χ2v) is 4.21. The van der Waals surface area contributed by atoms with Crippen LogP contribution in [0.5, 0.6) is 11.5 Å². The molecule has 2 aliphatic rings. The smallest absolute Gasteiger partial charge is 0.163 e. The van der Waals surface area contributed by atoms with Gasteiger partial charge < -0.3 is 24.6 Å². The van der Waals surface area contributed by atoms with E-state index >= 15 is 0 Å². The van der Waals surface area contributed by atoms with Crippen molar-refractivity contribution in [1.82, 2.24) is 0 Å². The fourth-order valence-corrected chi connectivity index (χ4v) is 2.03. The third-order valence-electron chi connectivity index (χ3n) is 2.94. The molecule has 0 amide bonds. The Morgan fingerprint density at radius 3 is 2.71 bits per heavy atom. The Morgan fingerprint density at radius 2 is 1.94 bits per heavy atom. The highest BCUT2D eigenvalue weighted by atomic mass is 16.6. The lowest BCUT2D eigenvalue weighted by atomic mass is 10.2. The van der Waals surface area contributed by atoms with Gasteiger partial charge in [-0.2, -0.15) is 0 Å². The van der Waals surface area contributed by atoms with Gasteiger partial charge in [-0.1, -0.05) is 0 Å². The fraction of sp³-hybridized carbons (Fsp3) is 0.500. The minimum absolute atomic E-state index is 0.0578. The molecule has 2 heterocycles. The van der Waals surface area contributed by atoms with Crippen LogP contribution in [0.4, 0.5) is 5.69 Å². The molecule has 1 fully saturated rings. The van der Waals surface area contributed by atoms with Gasteiger partial charge in [0.1, 0.15) is 13.2 Å². The Balaban J connectivity index is 1.75. The summed E-state index contributed by atoms with van der Waals surface area (Å²) < 4.78 is 16.1. The Morgan fingerprint density at radius 1 is 1.12 bits per heavy atom. The van der Waals surface area contributed by atoms with Crippen molar-refractivity contribution < 1.29 is 19.3 Å². The maximum Gasteiger partial charge on any atom is 0.163 e. The first-order valence-corrected chi connectivity index (χ1v) is 5.75. The molecule has 0 bridgehead atoms. The summed E-state index contributed by atoms with van der Waals surface area (Å²) in [5.41, 5.74) is 0.906. The summed E-state index contributed by atoms with van der Waals surface area (Å²) in [5.74, 6) is 1.51. The molecule has 3 rings (SSSR count). The van der Waals surface area contributed by atoms with Gasteiger partial charge in [0.05, 0.1) is 25.4 Å². The van der Waals surface area contributed by atoms with Crippen molar-refractivity contribution in [3.05, 3.63) is 18.2 Å². The van der Waals surface area contributed by atoms with E-state index in [1.165, 1.54) is 0 Å². The second-order valence-electron chi connectivity index (χ2n) is 4.21. The zero-order chi connectivity index (χ0) is 11.7. The van der Waals surface area contributed by atoms with Gasteiger partial charge in [-0.25, -0.2) is 0 Å². The zero-order valence-corrected chi connectivity index (χ0v) is 9.39. The number of anilines is 1. The van der Waals surface area contributed by atoms with Crippen LogP contribution in [0, 0.1) is 0 Å². The molecular formula is C12H15NO4. The third kappa shape index (κ3) is 2.16. The van der Waals surface area contributed by atoms with E-state index in [-0.39, 0.29) is 6.04 Å². The molecule has 0 radical (unpaired) electrons. The Labute approximate surface area is 99.3 Å². The molecule has 5 nitrogen and oxygen atoms in total. The number of rotatable bonds is 2. The topological polar surface area (TPSA) is 60.0 Å². The first kappa shape index (κ1) is 10.7. The Bertz CT molecular complexity index is 409. The lowest BCUT2D eigenvalue weighted by Gasteiger charge is -2.21.